The summed E-state index contributed by atoms with van der Waals surface area (Å²) in [5.74, 6) is -1.26. The smallest absolute Gasteiger partial charge is 0.335 e. The number of carbonyl (C=O) groups is 1. The van der Waals surface area contributed by atoms with Crippen LogP contribution in [0.3, 0.4) is 0 Å². The topological polar surface area (TPSA) is 44.8 Å². The molecule has 0 bridgehead atoms. The van der Waals surface area contributed by atoms with Crippen LogP contribution in [0.25, 0.3) is 0 Å². The van der Waals surface area contributed by atoms with Crippen LogP contribution in [0.1, 0.15) is 39.0 Å². The largest absolute Gasteiger partial charge is 0.427 e. The third-order valence-electron chi connectivity index (χ3n) is 3.30. The highest BCUT2D eigenvalue weighted by molar-refractivity contribution is 5.87. The molecule has 0 aliphatic carbocycles. The van der Waals surface area contributed by atoms with Gasteiger partial charge in [-0.1, -0.05) is 6.58 Å². The van der Waals surface area contributed by atoms with E-state index in [9.17, 15) is 4.79 Å². The highest BCUT2D eigenvalue weighted by Gasteiger charge is 2.47. The average Bonchev–Trinajstić information content (AvgIpc) is 2.84. The molecule has 4 nitrogen and oxygen atoms in total. The summed E-state index contributed by atoms with van der Waals surface area (Å²) < 4.78 is 16.9. The van der Waals surface area contributed by atoms with Gasteiger partial charge in [0.05, 0.1) is 6.61 Å². The Kier molecular flexibility index (Phi) is 3.84. The van der Waals surface area contributed by atoms with E-state index >= 15 is 0 Å². The molecule has 2 heterocycles. The lowest BCUT2D eigenvalue weighted by Crippen LogP contribution is -2.50. The Morgan fingerprint density at radius 1 is 1.35 bits per heavy atom. The minimum Gasteiger partial charge on any atom is -0.427 e. The van der Waals surface area contributed by atoms with Gasteiger partial charge in [-0.05, 0) is 32.6 Å². The maximum absolute atomic E-state index is 11.7. The Morgan fingerprint density at radius 3 is 2.71 bits per heavy atom. The summed E-state index contributed by atoms with van der Waals surface area (Å²) in [6.45, 7) is 6.61. The van der Waals surface area contributed by atoms with Crippen LogP contribution in [0, 0.1) is 0 Å². The second-order valence-corrected chi connectivity index (χ2v) is 4.79. The molecule has 2 aliphatic heterocycles. The van der Waals surface area contributed by atoms with E-state index in [-0.39, 0.29) is 12.1 Å². The molecule has 2 atom stereocenters. The van der Waals surface area contributed by atoms with Crippen LogP contribution in [-0.2, 0) is 19.0 Å². The first-order valence-corrected chi connectivity index (χ1v) is 6.28. The van der Waals surface area contributed by atoms with E-state index in [1.165, 1.54) is 0 Å². The average molecular weight is 240 g/mol. The Balaban J connectivity index is 2.10. The van der Waals surface area contributed by atoms with Gasteiger partial charge in [-0.25, -0.2) is 4.79 Å². The Morgan fingerprint density at radius 2 is 2.18 bits per heavy atom. The summed E-state index contributed by atoms with van der Waals surface area (Å²) in [7, 11) is 0. The van der Waals surface area contributed by atoms with Crippen LogP contribution in [0.5, 0.6) is 0 Å². The Bertz CT molecular complexity index is 299. The maximum Gasteiger partial charge on any atom is 0.335 e. The lowest BCUT2D eigenvalue weighted by Gasteiger charge is -2.40. The molecule has 0 saturated carbocycles. The Labute approximate surface area is 102 Å². The molecule has 0 amide bonds. The minimum atomic E-state index is -0.870. The van der Waals surface area contributed by atoms with E-state index in [2.05, 4.69) is 6.58 Å². The second kappa shape index (κ2) is 5.19. The molecule has 0 aromatic carbocycles. The predicted octanol–water partition coefficient (Wildman–Crippen LogP) is 2.18. The maximum atomic E-state index is 11.7. The van der Waals surface area contributed by atoms with Gasteiger partial charge in [-0.2, -0.15) is 0 Å². The molecule has 0 aromatic heterocycles. The molecule has 2 unspecified atom stereocenters. The molecular formula is C13H20O4. The van der Waals surface area contributed by atoms with E-state index in [0.717, 1.165) is 38.7 Å². The van der Waals surface area contributed by atoms with Crippen molar-refractivity contribution in [3.8, 4) is 0 Å². The molecule has 0 N–H and O–H groups in total. The van der Waals surface area contributed by atoms with Crippen molar-refractivity contribution in [3.05, 3.63) is 12.2 Å². The summed E-state index contributed by atoms with van der Waals surface area (Å²) in [6.07, 6.45) is 4.51. The highest BCUT2D eigenvalue weighted by atomic mass is 16.7. The summed E-state index contributed by atoms with van der Waals surface area (Å²) in [5.41, 5.74) is 0.400. The molecule has 0 aromatic rings. The summed E-state index contributed by atoms with van der Waals surface area (Å²) >= 11 is 0. The number of ether oxygens (including phenoxy) is 3. The summed E-state index contributed by atoms with van der Waals surface area (Å²) in [5, 5.41) is 0. The van der Waals surface area contributed by atoms with Gasteiger partial charge in [0.2, 0.25) is 5.79 Å². The number of esters is 1. The van der Waals surface area contributed by atoms with Gasteiger partial charge in [0, 0.05) is 18.6 Å². The molecule has 0 spiro atoms. The van der Waals surface area contributed by atoms with Crippen LogP contribution in [-0.4, -0.2) is 31.1 Å². The fourth-order valence-electron chi connectivity index (χ4n) is 2.36. The van der Waals surface area contributed by atoms with Crippen molar-refractivity contribution in [1.29, 1.82) is 0 Å². The van der Waals surface area contributed by atoms with Gasteiger partial charge in [0.25, 0.3) is 0 Å². The summed E-state index contributed by atoms with van der Waals surface area (Å²) in [6, 6.07) is 0. The lowest BCUT2D eigenvalue weighted by molar-refractivity contribution is -0.283. The molecule has 2 fully saturated rings. The van der Waals surface area contributed by atoms with E-state index in [0.29, 0.717) is 12.2 Å². The molecule has 0 radical (unpaired) electrons. The number of rotatable bonds is 3. The van der Waals surface area contributed by atoms with Crippen LogP contribution >= 0.6 is 0 Å². The third kappa shape index (κ3) is 2.69. The van der Waals surface area contributed by atoms with Crippen molar-refractivity contribution in [2.45, 2.75) is 50.9 Å². The monoisotopic (exact) mass is 240 g/mol. The van der Waals surface area contributed by atoms with E-state index in [1.54, 1.807) is 6.92 Å². The zero-order valence-electron chi connectivity index (χ0n) is 10.4. The number of carbonyl (C=O) groups excluding carboxylic acids is 1. The quantitative estimate of drug-likeness (QED) is 0.560. The number of hydrogen-bond acceptors (Lipinski definition) is 4. The highest BCUT2D eigenvalue weighted by Crippen LogP contribution is 2.36. The van der Waals surface area contributed by atoms with Gasteiger partial charge in [-0.3, -0.25) is 0 Å². The van der Waals surface area contributed by atoms with Crippen LogP contribution in [0.15, 0.2) is 12.2 Å². The van der Waals surface area contributed by atoms with Crippen LogP contribution < -0.4 is 0 Å². The summed E-state index contributed by atoms with van der Waals surface area (Å²) in [4.78, 5) is 11.7. The molecular weight excluding hydrogens is 220 g/mol. The first-order valence-electron chi connectivity index (χ1n) is 6.28. The van der Waals surface area contributed by atoms with Crippen molar-refractivity contribution in [1.82, 2.24) is 0 Å². The van der Waals surface area contributed by atoms with Crippen molar-refractivity contribution in [3.63, 3.8) is 0 Å². The third-order valence-corrected chi connectivity index (χ3v) is 3.30. The first kappa shape index (κ1) is 12.6. The zero-order chi connectivity index (χ0) is 12.3. The van der Waals surface area contributed by atoms with Gasteiger partial charge in [0.15, 0.2) is 0 Å². The van der Waals surface area contributed by atoms with Crippen molar-refractivity contribution in [2.75, 3.05) is 13.2 Å². The van der Waals surface area contributed by atoms with E-state index < -0.39 is 5.79 Å². The first-order chi connectivity index (χ1) is 8.14. The fraction of sp³-hybridized carbons (Fsp3) is 0.769. The molecule has 4 heteroatoms. The van der Waals surface area contributed by atoms with Gasteiger partial charge in [-0.15, -0.1) is 0 Å². The normalized spacial score (nSPS) is 33.4. The molecule has 96 valence electrons. The van der Waals surface area contributed by atoms with Gasteiger partial charge in [0.1, 0.15) is 6.10 Å². The zero-order valence-corrected chi connectivity index (χ0v) is 10.4. The van der Waals surface area contributed by atoms with Gasteiger partial charge < -0.3 is 14.2 Å². The number of hydrogen-bond donors (Lipinski definition) is 0. The van der Waals surface area contributed by atoms with Crippen molar-refractivity contribution >= 4 is 5.97 Å². The van der Waals surface area contributed by atoms with Crippen molar-refractivity contribution < 1.29 is 19.0 Å². The fourth-order valence-corrected chi connectivity index (χ4v) is 2.36. The molecule has 2 rings (SSSR count). The molecule has 2 saturated heterocycles. The lowest BCUT2D eigenvalue weighted by atomic mass is 9.97. The standard InChI is InChI=1S/C13H20O4/c1-10(2)12(14)17-13(7-3-4-9-16-13)11-6-5-8-15-11/h11H,1,3-9H2,2H3. The predicted molar refractivity (Wildman–Crippen MR) is 62.4 cm³/mol. The molecule has 2 aliphatic rings. The van der Waals surface area contributed by atoms with E-state index in [1.807, 2.05) is 0 Å². The second-order valence-electron chi connectivity index (χ2n) is 4.79. The Hall–Kier alpha value is -0.870. The van der Waals surface area contributed by atoms with Crippen LogP contribution in [0.4, 0.5) is 0 Å². The van der Waals surface area contributed by atoms with Crippen molar-refractivity contribution in [2.24, 2.45) is 0 Å². The van der Waals surface area contributed by atoms with E-state index in [4.69, 9.17) is 14.2 Å². The SMILES string of the molecule is C=C(C)C(=O)OC1(C2CCCO2)CCCCO1. The van der Waals surface area contributed by atoms with Gasteiger partial charge >= 0.3 is 5.97 Å². The minimum absolute atomic E-state index is 0.119. The molecule has 17 heavy (non-hydrogen) atoms. The van der Waals surface area contributed by atoms with Crippen LogP contribution in [0.2, 0.25) is 0 Å².